The van der Waals surface area contributed by atoms with Crippen LogP contribution in [0.5, 0.6) is 0 Å². The minimum absolute atomic E-state index is 0.842. The molecular formula is C19H24N2. The molecule has 2 aromatic carbocycles. The molecule has 2 nitrogen and oxygen atoms in total. The van der Waals surface area contributed by atoms with Gasteiger partial charge in [0.15, 0.2) is 0 Å². The monoisotopic (exact) mass is 280 g/mol. The molecule has 0 bridgehead atoms. The van der Waals surface area contributed by atoms with E-state index in [0.717, 1.165) is 19.0 Å². The maximum atomic E-state index is 3.52. The molecule has 0 aromatic heterocycles. The van der Waals surface area contributed by atoms with Crippen LogP contribution in [0.4, 0.5) is 5.69 Å². The number of nitrogens with one attached hydrogen (secondary N) is 1. The molecule has 0 radical (unpaired) electrons. The molecule has 1 aliphatic carbocycles. The van der Waals surface area contributed by atoms with Crippen LogP contribution in [0.3, 0.4) is 0 Å². The van der Waals surface area contributed by atoms with Crippen molar-refractivity contribution in [1.82, 2.24) is 4.90 Å². The molecule has 110 valence electrons. The van der Waals surface area contributed by atoms with E-state index in [0.29, 0.717) is 0 Å². The molecule has 0 saturated heterocycles. The molecule has 0 atom stereocenters. The summed E-state index contributed by atoms with van der Waals surface area (Å²) in [5.41, 5.74) is 5.39. The van der Waals surface area contributed by atoms with Gasteiger partial charge in [-0.15, -0.1) is 0 Å². The summed E-state index contributed by atoms with van der Waals surface area (Å²) in [5, 5.41) is 3.52. The highest BCUT2D eigenvalue weighted by atomic mass is 15.0. The second-order valence-corrected chi connectivity index (χ2v) is 6.31. The summed E-state index contributed by atoms with van der Waals surface area (Å²) >= 11 is 0. The molecule has 21 heavy (non-hydrogen) atoms. The van der Waals surface area contributed by atoms with Crippen LogP contribution in [0.25, 0.3) is 0 Å². The number of nitrogens with zero attached hydrogens (tertiary/aromatic N) is 1. The summed E-state index contributed by atoms with van der Waals surface area (Å²) < 4.78 is 0. The molecule has 2 heteroatoms. The number of hydrogen-bond donors (Lipinski definition) is 1. The lowest BCUT2D eigenvalue weighted by Crippen LogP contribution is -2.10. The van der Waals surface area contributed by atoms with Gasteiger partial charge in [-0.3, -0.25) is 0 Å². The first-order chi connectivity index (χ1) is 10.2. The van der Waals surface area contributed by atoms with Gasteiger partial charge >= 0.3 is 0 Å². The number of rotatable bonds is 6. The lowest BCUT2D eigenvalue weighted by Gasteiger charge is -2.12. The fourth-order valence-corrected chi connectivity index (χ4v) is 2.67. The predicted molar refractivity (Wildman–Crippen MR) is 89.6 cm³/mol. The van der Waals surface area contributed by atoms with Gasteiger partial charge in [0, 0.05) is 18.8 Å². The van der Waals surface area contributed by atoms with E-state index in [2.05, 4.69) is 72.8 Å². The lowest BCUT2D eigenvalue weighted by molar-refractivity contribution is 0.402. The van der Waals surface area contributed by atoms with E-state index in [9.17, 15) is 0 Å². The van der Waals surface area contributed by atoms with Gasteiger partial charge in [0.2, 0.25) is 0 Å². The summed E-state index contributed by atoms with van der Waals surface area (Å²) in [4.78, 5) is 2.19. The molecule has 0 spiro atoms. The van der Waals surface area contributed by atoms with E-state index in [1.165, 1.54) is 35.2 Å². The van der Waals surface area contributed by atoms with Crippen LogP contribution in [0.1, 0.15) is 35.4 Å². The summed E-state index contributed by atoms with van der Waals surface area (Å²) in [6.45, 7) is 1.86. The Bertz CT molecular complexity index is 583. The first-order valence-electron chi connectivity index (χ1n) is 7.77. The van der Waals surface area contributed by atoms with Crippen LogP contribution in [0.2, 0.25) is 0 Å². The summed E-state index contributed by atoms with van der Waals surface area (Å²) in [6.07, 6.45) is 2.74. The van der Waals surface area contributed by atoms with Gasteiger partial charge in [0.05, 0.1) is 0 Å². The van der Waals surface area contributed by atoms with Crippen LogP contribution < -0.4 is 5.32 Å². The van der Waals surface area contributed by atoms with Gasteiger partial charge in [-0.25, -0.2) is 0 Å². The number of anilines is 1. The van der Waals surface area contributed by atoms with Crippen LogP contribution in [-0.4, -0.2) is 19.0 Å². The summed E-state index contributed by atoms with van der Waals surface area (Å²) in [7, 11) is 4.20. The standard InChI is InChI=1S/C19H24N2/c1-21(2)14-16-4-3-5-19(12-16)20-13-15-6-8-17(9-7-15)18-10-11-18/h3-9,12,18,20H,10-11,13-14H2,1-2H3. The molecule has 0 unspecified atom stereocenters. The van der Waals surface area contributed by atoms with Gasteiger partial charge in [0.25, 0.3) is 0 Å². The zero-order valence-corrected chi connectivity index (χ0v) is 13.0. The van der Waals surface area contributed by atoms with E-state index in [-0.39, 0.29) is 0 Å². The van der Waals surface area contributed by atoms with E-state index < -0.39 is 0 Å². The maximum absolute atomic E-state index is 3.52. The molecule has 2 aromatic rings. The van der Waals surface area contributed by atoms with Gasteiger partial charge in [-0.1, -0.05) is 36.4 Å². The molecule has 0 amide bonds. The summed E-state index contributed by atoms with van der Waals surface area (Å²) in [6, 6.07) is 17.8. The average Bonchev–Trinajstić information content (AvgIpc) is 3.30. The van der Waals surface area contributed by atoms with Crippen molar-refractivity contribution in [2.75, 3.05) is 19.4 Å². The first kappa shape index (κ1) is 14.2. The Morgan fingerprint density at radius 2 is 1.76 bits per heavy atom. The van der Waals surface area contributed by atoms with Crippen molar-refractivity contribution >= 4 is 5.69 Å². The molecular weight excluding hydrogens is 256 g/mol. The number of benzene rings is 2. The largest absolute Gasteiger partial charge is 0.381 e. The van der Waals surface area contributed by atoms with Crippen molar-refractivity contribution in [2.45, 2.75) is 31.8 Å². The maximum Gasteiger partial charge on any atom is 0.0400 e. The zero-order chi connectivity index (χ0) is 14.7. The van der Waals surface area contributed by atoms with Crippen molar-refractivity contribution in [3.05, 3.63) is 65.2 Å². The first-order valence-corrected chi connectivity index (χ1v) is 7.77. The third kappa shape index (κ3) is 4.08. The SMILES string of the molecule is CN(C)Cc1cccc(NCc2ccc(C3CC3)cc2)c1. The molecule has 1 saturated carbocycles. The quantitative estimate of drug-likeness (QED) is 0.851. The average molecular weight is 280 g/mol. The Balaban J connectivity index is 1.58. The van der Waals surface area contributed by atoms with Crippen molar-refractivity contribution in [3.63, 3.8) is 0 Å². The van der Waals surface area contributed by atoms with Crippen LogP contribution in [-0.2, 0) is 13.1 Å². The van der Waals surface area contributed by atoms with Crippen LogP contribution >= 0.6 is 0 Å². The second kappa shape index (κ2) is 6.31. The topological polar surface area (TPSA) is 15.3 Å². The zero-order valence-electron chi connectivity index (χ0n) is 13.0. The third-order valence-electron chi connectivity index (χ3n) is 3.95. The van der Waals surface area contributed by atoms with Gasteiger partial charge in [0.1, 0.15) is 0 Å². The lowest BCUT2D eigenvalue weighted by atomic mass is 10.1. The van der Waals surface area contributed by atoms with E-state index in [1.54, 1.807) is 0 Å². The number of hydrogen-bond acceptors (Lipinski definition) is 2. The van der Waals surface area contributed by atoms with Gasteiger partial charge in [-0.05, 0) is 61.7 Å². The van der Waals surface area contributed by atoms with Crippen molar-refractivity contribution in [2.24, 2.45) is 0 Å². The normalized spacial score (nSPS) is 14.4. The molecule has 1 aliphatic rings. The highest BCUT2D eigenvalue weighted by Crippen LogP contribution is 2.39. The van der Waals surface area contributed by atoms with Gasteiger partial charge < -0.3 is 10.2 Å². The van der Waals surface area contributed by atoms with Crippen molar-refractivity contribution < 1.29 is 0 Å². The Morgan fingerprint density at radius 3 is 2.43 bits per heavy atom. The van der Waals surface area contributed by atoms with E-state index in [1.807, 2.05) is 0 Å². The van der Waals surface area contributed by atoms with Crippen molar-refractivity contribution in [1.29, 1.82) is 0 Å². The molecule has 0 heterocycles. The Kier molecular flexibility index (Phi) is 4.26. The fourth-order valence-electron chi connectivity index (χ4n) is 2.67. The third-order valence-corrected chi connectivity index (χ3v) is 3.95. The highest BCUT2D eigenvalue weighted by molar-refractivity contribution is 5.46. The minimum Gasteiger partial charge on any atom is -0.381 e. The molecule has 3 rings (SSSR count). The van der Waals surface area contributed by atoms with E-state index >= 15 is 0 Å². The molecule has 1 N–H and O–H groups in total. The fraction of sp³-hybridized carbons (Fsp3) is 0.368. The predicted octanol–water partition coefficient (Wildman–Crippen LogP) is 4.24. The van der Waals surface area contributed by atoms with Crippen LogP contribution in [0, 0.1) is 0 Å². The molecule has 0 aliphatic heterocycles. The van der Waals surface area contributed by atoms with Gasteiger partial charge in [-0.2, -0.15) is 0 Å². The Hall–Kier alpha value is -1.80. The minimum atomic E-state index is 0.842. The molecule has 1 fully saturated rings. The van der Waals surface area contributed by atoms with Crippen molar-refractivity contribution in [3.8, 4) is 0 Å². The second-order valence-electron chi connectivity index (χ2n) is 6.31. The van der Waals surface area contributed by atoms with Crippen LogP contribution in [0.15, 0.2) is 48.5 Å². The summed E-state index contributed by atoms with van der Waals surface area (Å²) in [5.74, 6) is 0.842. The Labute approximate surface area is 127 Å². The van der Waals surface area contributed by atoms with E-state index in [4.69, 9.17) is 0 Å². The smallest absolute Gasteiger partial charge is 0.0400 e. The highest BCUT2D eigenvalue weighted by Gasteiger charge is 2.22. The Morgan fingerprint density at radius 1 is 1.00 bits per heavy atom.